The van der Waals surface area contributed by atoms with Crippen molar-refractivity contribution >= 4 is 15.9 Å². The molecule has 0 unspecified atom stereocenters. The van der Waals surface area contributed by atoms with Crippen LogP contribution in [0.5, 0.6) is 0 Å². The Morgan fingerprint density at radius 2 is 1.73 bits per heavy atom. The fraction of sp³-hybridized carbons (Fsp3) is 0.667. The Morgan fingerprint density at radius 1 is 1.09 bits per heavy atom. The number of hydrogen-bond donors (Lipinski definition) is 0. The first-order valence-corrected chi connectivity index (χ1v) is 9.26. The van der Waals surface area contributed by atoms with E-state index < -0.39 is 0 Å². The molecule has 0 aliphatic carbocycles. The molecule has 1 aromatic carbocycles. The van der Waals surface area contributed by atoms with Crippen LogP contribution in [0.2, 0.25) is 0 Å². The monoisotopic (exact) mass is 366 g/mol. The molecule has 0 aromatic heterocycles. The maximum atomic E-state index is 5.86. The highest BCUT2D eigenvalue weighted by Crippen LogP contribution is 2.24. The second-order valence-corrected chi connectivity index (χ2v) is 7.66. The molecule has 22 heavy (non-hydrogen) atoms. The van der Waals surface area contributed by atoms with Crippen molar-refractivity contribution in [1.29, 1.82) is 0 Å². The maximum Gasteiger partial charge on any atom is 0.0678 e. The van der Waals surface area contributed by atoms with Gasteiger partial charge in [-0.2, -0.15) is 0 Å². The van der Waals surface area contributed by atoms with Crippen molar-refractivity contribution in [3.8, 4) is 0 Å². The zero-order chi connectivity index (χ0) is 15.5. The number of benzene rings is 1. The Kier molecular flexibility index (Phi) is 5.55. The van der Waals surface area contributed by atoms with E-state index in [0.29, 0.717) is 12.2 Å². The summed E-state index contributed by atoms with van der Waals surface area (Å²) >= 11 is 3.66. The van der Waals surface area contributed by atoms with Crippen LogP contribution in [0.4, 0.5) is 0 Å². The third-order valence-corrected chi connectivity index (χ3v) is 5.65. The minimum Gasteiger partial charge on any atom is -0.373 e. The summed E-state index contributed by atoms with van der Waals surface area (Å²) in [5.74, 6) is 0. The molecule has 0 amide bonds. The van der Waals surface area contributed by atoms with Crippen LogP contribution in [-0.2, 0) is 11.3 Å². The first kappa shape index (κ1) is 16.4. The molecule has 0 radical (unpaired) electrons. The molecule has 2 aliphatic rings. The van der Waals surface area contributed by atoms with Crippen LogP contribution in [0.25, 0.3) is 0 Å². The average molecular weight is 367 g/mol. The van der Waals surface area contributed by atoms with Crippen molar-refractivity contribution in [2.24, 2.45) is 0 Å². The summed E-state index contributed by atoms with van der Waals surface area (Å²) in [4.78, 5) is 5.25. The lowest BCUT2D eigenvalue weighted by Gasteiger charge is -2.43. The van der Waals surface area contributed by atoms with Gasteiger partial charge in [0.05, 0.1) is 12.2 Å². The fourth-order valence-electron chi connectivity index (χ4n) is 3.83. The van der Waals surface area contributed by atoms with Crippen LogP contribution in [0.1, 0.15) is 32.3 Å². The molecule has 4 heteroatoms. The zero-order valence-corrected chi connectivity index (χ0v) is 15.3. The second kappa shape index (κ2) is 7.43. The molecule has 3 nitrogen and oxygen atoms in total. The number of likely N-dealkylation sites (tertiary alicyclic amines) is 1. The average Bonchev–Trinajstić information content (AvgIpc) is 2.49. The molecule has 2 aliphatic heterocycles. The lowest BCUT2D eigenvalue weighted by molar-refractivity contribution is -0.0865. The predicted molar refractivity (Wildman–Crippen MR) is 94.0 cm³/mol. The summed E-state index contributed by atoms with van der Waals surface area (Å²) in [6.45, 7) is 10.1. The lowest BCUT2D eigenvalue weighted by Crippen LogP contribution is -2.53. The van der Waals surface area contributed by atoms with Gasteiger partial charge in [-0.25, -0.2) is 0 Å². The Bertz CT molecular complexity index is 478. The number of rotatable bonds is 3. The van der Waals surface area contributed by atoms with Gasteiger partial charge >= 0.3 is 0 Å². The molecule has 0 N–H and O–H groups in total. The number of ether oxygens (including phenoxy) is 1. The molecule has 0 spiro atoms. The van der Waals surface area contributed by atoms with Crippen molar-refractivity contribution in [3.05, 3.63) is 34.3 Å². The van der Waals surface area contributed by atoms with Gasteiger partial charge in [-0.1, -0.05) is 34.1 Å². The van der Waals surface area contributed by atoms with Gasteiger partial charge in [0, 0.05) is 30.1 Å². The number of halogens is 1. The molecule has 1 aromatic rings. The van der Waals surface area contributed by atoms with Gasteiger partial charge < -0.3 is 4.74 Å². The summed E-state index contributed by atoms with van der Waals surface area (Å²) in [5, 5.41) is 0. The van der Waals surface area contributed by atoms with Crippen molar-refractivity contribution in [2.75, 3.05) is 26.2 Å². The van der Waals surface area contributed by atoms with E-state index in [1.165, 1.54) is 36.0 Å². The maximum absolute atomic E-state index is 5.86. The highest BCUT2D eigenvalue weighted by molar-refractivity contribution is 9.10. The molecule has 0 saturated carbocycles. The Balaban J connectivity index is 1.51. The minimum absolute atomic E-state index is 0.377. The van der Waals surface area contributed by atoms with E-state index in [4.69, 9.17) is 4.74 Å². The van der Waals surface area contributed by atoms with E-state index in [9.17, 15) is 0 Å². The van der Waals surface area contributed by atoms with Crippen LogP contribution >= 0.6 is 15.9 Å². The Morgan fingerprint density at radius 3 is 2.36 bits per heavy atom. The van der Waals surface area contributed by atoms with Crippen molar-refractivity contribution in [3.63, 3.8) is 0 Å². The molecule has 122 valence electrons. The van der Waals surface area contributed by atoms with Crippen LogP contribution in [0, 0.1) is 0 Å². The number of nitrogens with zero attached hydrogens (tertiary/aromatic N) is 2. The zero-order valence-electron chi connectivity index (χ0n) is 13.7. The molecular formula is C18H27BrN2O. The van der Waals surface area contributed by atoms with Gasteiger partial charge in [0.1, 0.15) is 0 Å². The van der Waals surface area contributed by atoms with Gasteiger partial charge in [0.15, 0.2) is 0 Å². The predicted octanol–water partition coefficient (Wildman–Crippen LogP) is 3.52. The van der Waals surface area contributed by atoms with Crippen LogP contribution in [0.15, 0.2) is 28.7 Å². The first-order valence-electron chi connectivity index (χ1n) is 8.47. The number of morpholine rings is 1. The van der Waals surface area contributed by atoms with E-state index >= 15 is 0 Å². The molecule has 2 atom stereocenters. The smallest absolute Gasteiger partial charge is 0.0678 e. The molecule has 2 saturated heterocycles. The highest BCUT2D eigenvalue weighted by atomic mass is 79.9. The Hall–Kier alpha value is -0.420. The van der Waals surface area contributed by atoms with Crippen molar-refractivity contribution < 1.29 is 4.74 Å². The molecule has 3 rings (SSSR count). The normalized spacial score (nSPS) is 28.9. The highest BCUT2D eigenvalue weighted by Gasteiger charge is 2.30. The first-order chi connectivity index (χ1) is 10.6. The minimum atomic E-state index is 0.377. The molecule has 2 fully saturated rings. The standard InChI is InChI=1S/C18H27BrN2O/c1-14-11-21(12-15(2)22-14)17-7-9-20(10-8-17)13-16-5-3-4-6-18(16)19/h3-6,14-15,17H,7-13H2,1-2H3/t14-,15-/m0/s1. The van der Waals surface area contributed by atoms with Gasteiger partial charge in [0.2, 0.25) is 0 Å². The summed E-state index contributed by atoms with van der Waals surface area (Å²) in [6.07, 6.45) is 3.32. The molecule has 0 bridgehead atoms. The quantitative estimate of drug-likeness (QED) is 0.813. The SMILES string of the molecule is C[C@H]1CN(C2CCN(Cc3ccccc3Br)CC2)C[C@H](C)O1. The number of piperidine rings is 1. The third kappa shape index (κ3) is 4.10. The van der Waals surface area contributed by atoms with Crippen molar-refractivity contribution in [2.45, 2.75) is 51.5 Å². The molecular weight excluding hydrogens is 340 g/mol. The fourth-order valence-corrected chi connectivity index (χ4v) is 4.24. The van der Waals surface area contributed by atoms with Crippen LogP contribution in [0.3, 0.4) is 0 Å². The summed E-state index contributed by atoms with van der Waals surface area (Å²) in [5.41, 5.74) is 1.40. The van der Waals surface area contributed by atoms with Gasteiger partial charge in [-0.05, 0) is 51.4 Å². The van der Waals surface area contributed by atoms with Crippen LogP contribution in [-0.4, -0.2) is 54.2 Å². The Labute approximate surface area is 142 Å². The van der Waals surface area contributed by atoms with E-state index in [2.05, 4.69) is 63.8 Å². The number of hydrogen-bond acceptors (Lipinski definition) is 3. The second-order valence-electron chi connectivity index (χ2n) is 6.81. The van der Waals surface area contributed by atoms with E-state index in [1.807, 2.05) is 0 Å². The van der Waals surface area contributed by atoms with Gasteiger partial charge in [-0.15, -0.1) is 0 Å². The van der Waals surface area contributed by atoms with E-state index in [1.54, 1.807) is 0 Å². The largest absolute Gasteiger partial charge is 0.373 e. The topological polar surface area (TPSA) is 15.7 Å². The van der Waals surface area contributed by atoms with E-state index in [0.717, 1.165) is 25.7 Å². The summed E-state index contributed by atoms with van der Waals surface area (Å²) < 4.78 is 7.09. The summed E-state index contributed by atoms with van der Waals surface area (Å²) in [6, 6.07) is 9.31. The van der Waals surface area contributed by atoms with Crippen LogP contribution < -0.4 is 0 Å². The van der Waals surface area contributed by atoms with Crippen molar-refractivity contribution in [1.82, 2.24) is 9.80 Å². The van der Waals surface area contributed by atoms with Gasteiger partial charge in [0.25, 0.3) is 0 Å². The molecule has 2 heterocycles. The van der Waals surface area contributed by atoms with E-state index in [-0.39, 0.29) is 0 Å². The van der Waals surface area contributed by atoms with Gasteiger partial charge in [-0.3, -0.25) is 9.80 Å². The summed E-state index contributed by atoms with van der Waals surface area (Å²) in [7, 11) is 0. The lowest BCUT2D eigenvalue weighted by atomic mass is 10.0. The third-order valence-electron chi connectivity index (χ3n) is 4.87.